The highest BCUT2D eigenvalue weighted by atomic mass is 79.9. The number of hydrogen-bond donors (Lipinski definition) is 0. The van der Waals surface area contributed by atoms with Gasteiger partial charge in [0.05, 0.1) is 11.6 Å². The monoisotopic (exact) mass is 333 g/mol. The van der Waals surface area contributed by atoms with E-state index in [1.54, 1.807) is 18.2 Å². The Kier molecular flexibility index (Phi) is 3.15. The summed E-state index contributed by atoms with van der Waals surface area (Å²) in [4.78, 5) is 12.9. The van der Waals surface area contributed by atoms with E-state index in [1.165, 1.54) is 7.11 Å². The lowest BCUT2D eigenvalue weighted by Crippen LogP contribution is -2.56. The molecule has 4 nitrogen and oxygen atoms in total. The van der Waals surface area contributed by atoms with Gasteiger partial charge in [-0.05, 0) is 18.2 Å². The van der Waals surface area contributed by atoms with E-state index in [1.807, 2.05) is 12.1 Å². The number of ketones is 1. The predicted molar refractivity (Wildman–Crippen MR) is 75.5 cm³/mol. The van der Waals surface area contributed by atoms with Crippen LogP contribution in [0, 0.1) is 16.7 Å². The minimum atomic E-state index is -1.31. The maximum Gasteiger partial charge on any atom is 0.193 e. The smallest absolute Gasteiger partial charge is 0.193 e. The van der Waals surface area contributed by atoms with Gasteiger partial charge in [-0.1, -0.05) is 28.1 Å². The highest BCUT2D eigenvalue weighted by molar-refractivity contribution is 9.10. The number of methoxy groups -OCH3 is 1. The molecule has 102 valence electrons. The van der Waals surface area contributed by atoms with Gasteiger partial charge in [-0.25, -0.2) is 0 Å². The van der Waals surface area contributed by atoms with E-state index in [9.17, 15) is 10.1 Å². The number of carbonyl (C=O) groups excluding carboxylic acids is 1. The maximum atomic E-state index is 12.9. The minimum Gasteiger partial charge on any atom is -0.487 e. The van der Waals surface area contributed by atoms with Crippen molar-refractivity contribution < 1.29 is 14.3 Å². The van der Waals surface area contributed by atoms with E-state index in [4.69, 9.17) is 9.47 Å². The molecular weight excluding hydrogens is 322 g/mol. The van der Waals surface area contributed by atoms with E-state index >= 15 is 0 Å². The number of fused-ring (bicyclic) bond motifs is 2. The minimum absolute atomic E-state index is 0.233. The second-order valence-corrected chi connectivity index (χ2v) is 5.79. The number of halogens is 1. The molecule has 1 heterocycles. The molecule has 0 saturated heterocycles. The summed E-state index contributed by atoms with van der Waals surface area (Å²) >= 11 is 3.34. The summed E-state index contributed by atoms with van der Waals surface area (Å²) in [6.07, 6.45) is 3.08. The summed E-state index contributed by atoms with van der Waals surface area (Å²) < 4.78 is 12.0. The van der Waals surface area contributed by atoms with Crippen LogP contribution >= 0.6 is 15.9 Å². The fourth-order valence-electron chi connectivity index (χ4n) is 2.87. The molecule has 5 heteroatoms. The molecule has 3 atom stereocenters. The van der Waals surface area contributed by atoms with Gasteiger partial charge >= 0.3 is 0 Å². The molecule has 2 unspecified atom stereocenters. The Morgan fingerprint density at radius 1 is 1.55 bits per heavy atom. The molecule has 20 heavy (non-hydrogen) atoms. The van der Waals surface area contributed by atoms with Crippen LogP contribution in [0.2, 0.25) is 0 Å². The van der Waals surface area contributed by atoms with Crippen molar-refractivity contribution in [2.24, 2.45) is 5.41 Å². The van der Waals surface area contributed by atoms with E-state index in [0.29, 0.717) is 17.7 Å². The molecule has 1 aromatic carbocycles. The molecule has 3 rings (SSSR count). The van der Waals surface area contributed by atoms with Crippen LogP contribution in [-0.2, 0) is 4.74 Å². The molecule has 0 fully saturated rings. The van der Waals surface area contributed by atoms with Crippen LogP contribution in [0.15, 0.2) is 34.8 Å². The summed E-state index contributed by atoms with van der Waals surface area (Å²) in [6, 6.07) is 7.42. The largest absolute Gasteiger partial charge is 0.487 e. The van der Waals surface area contributed by atoms with Gasteiger partial charge in [0.2, 0.25) is 0 Å². The van der Waals surface area contributed by atoms with Crippen molar-refractivity contribution in [3.05, 3.63) is 40.4 Å². The lowest BCUT2D eigenvalue weighted by Gasteiger charge is -2.43. The number of benzene rings is 1. The molecule has 0 spiro atoms. The van der Waals surface area contributed by atoms with Gasteiger partial charge in [0.25, 0.3) is 0 Å². The van der Waals surface area contributed by atoms with Crippen molar-refractivity contribution in [2.75, 3.05) is 7.11 Å². The Balaban J connectivity index is 2.20. The Bertz CT molecular complexity index is 649. The number of hydrogen-bond acceptors (Lipinski definition) is 4. The SMILES string of the molecule is COC1C=CCC2Oc3ccc(Br)cc3C(=O)[C@]12C#N. The van der Waals surface area contributed by atoms with Crippen molar-refractivity contribution in [1.82, 2.24) is 0 Å². The zero-order valence-electron chi connectivity index (χ0n) is 10.8. The van der Waals surface area contributed by atoms with E-state index in [2.05, 4.69) is 22.0 Å². The van der Waals surface area contributed by atoms with Gasteiger partial charge in [-0.2, -0.15) is 5.26 Å². The van der Waals surface area contributed by atoms with E-state index < -0.39 is 17.6 Å². The molecule has 1 aliphatic heterocycles. The molecule has 0 bridgehead atoms. The van der Waals surface area contributed by atoms with Gasteiger partial charge < -0.3 is 9.47 Å². The number of nitriles is 1. The normalized spacial score (nSPS) is 30.9. The van der Waals surface area contributed by atoms with Gasteiger partial charge in [0.1, 0.15) is 18.0 Å². The Labute approximate surface area is 125 Å². The lowest BCUT2D eigenvalue weighted by molar-refractivity contribution is -0.0211. The van der Waals surface area contributed by atoms with Crippen molar-refractivity contribution in [1.29, 1.82) is 5.26 Å². The van der Waals surface area contributed by atoms with Crippen LogP contribution in [0.4, 0.5) is 0 Å². The summed E-state index contributed by atoms with van der Waals surface area (Å²) in [7, 11) is 1.50. The highest BCUT2D eigenvalue weighted by Gasteiger charge is 2.58. The first kappa shape index (κ1) is 13.3. The summed E-state index contributed by atoms with van der Waals surface area (Å²) in [5.41, 5.74) is -0.883. The summed E-state index contributed by atoms with van der Waals surface area (Å²) in [5.74, 6) is 0.294. The molecule has 0 radical (unpaired) electrons. The van der Waals surface area contributed by atoms with E-state index in [-0.39, 0.29) is 5.78 Å². The van der Waals surface area contributed by atoms with Gasteiger partial charge in [-0.3, -0.25) is 4.79 Å². The first-order valence-corrected chi connectivity index (χ1v) is 7.04. The molecule has 0 amide bonds. The topological polar surface area (TPSA) is 59.3 Å². The van der Waals surface area contributed by atoms with Crippen LogP contribution in [-0.4, -0.2) is 25.1 Å². The Morgan fingerprint density at radius 2 is 2.35 bits per heavy atom. The van der Waals surface area contributed by atoms with Crippen LogP contribution < -0.4 is 4.74 Å². The standard InChI is InChI=1S/C15H12BrNO3/c1-19-12-3-2-4-13-15(12,8-17)14(18)10-7-9(16)5-6-11(10)20-13/h2-3,5-7,12-13H,4H2,1H3/t12?,13?,15-/m1/s1. The third kappa shape index (κ3) is 1.65. The molecular formula is C15H12BrNO3. The number of rotatable bonds is 1. The quantitative estimate of drug-likeness (QED) is 0.741. The molecule has 0 aromatic heterocycles. The van der Waals surface area contributed by atoms with Crippen LogP contribution in [0.1, 0.15) is 16.8 Å². The molecule has 2 aliphatic rings. The van der Waals surface area contributed by atoms with Crippen LogP contribution in [0.3, 0.4) is 0 Å². The lowest BCUT2D eigenvalue weighted by atomic mass is 9.67. The fourth-order valence-corrected chi connectivity index (χ4v) is 3.23. The number of carbonyl (C=O) groups is 1. The maximum absolute atomic E-state index is 12.9. The number of Topliss-reactive ketones (excluding diaryl/α,β-unsaturated/α-hetero) is 1. The average Bonchev–Trinajstić information content (AvgIpc) is 2.47. The fraction of sp³-hybridized carbons (Fsp3) is 0.333. The summed E-state index contributed by atoms with van der Waals surface area (Å²) in [5, 5.41) is 9.67. The highest BCUT2D eigenvalue weighted by Crippen LogP contribution is 2.46. The second-order valence-electron chi connectivity index (χ2n) is 4.88. The molecule has 1 aliphatic carbocycles. The van der Waals surface area contributed by atoms with Crippen molar-refractivity contribution in [3.63, 3.8) is 0 Å². The third-order valence-electron chi connectivity index (χ3n) is 3.89. The zero-order valence-corrected chi connectivity index (χ0v) is 12.4. The first-order chi connectivity index (χ1) is 9.63. The van der Waals surface area contributed by atoms with Crippen molar-refractivity contribution in [3.8, 4) is 11.8 Å². The van der Waals surface area contributed by atoms with Gasteiger partial charge in [-0.15, -0.1) is 0 Å². The van der Waals surface area contributed by atoms with Crippen molar-refractivity contribution >= 4 is 21.7 Å². The Hall–Kier alpha value is -1.64. The molecule has 1 aromatic rings. The van der Waals surface area contributed by atoms with Gasteiger partial charge in [0, 0.05) is 18.0 Å². The zero-order chi connectivity index (χ0) is 14.3. The van der Waals surface area contributed by atoms with Crippen molar-refractivity contribution in [2.45, 2.75) is 18.6 Å². The van der Waals surface area contributed by atoms with Crippen LogP contribution in [0.5, 0.6) is 5.75 Å². The first-order valence-electron chi connectivity index (χ1n) is 6.25. The second kappa shape index (κ2) is 4.72. The average molecular weight is 334 g/mol. The van der Waals surface area contributed by atoms with E-state index in [0.717, 1.165) is 4.47 Å². The predicted octanol–water partition coefficient (Wildman–Crippen LogP) is 2.88. The van der Waals surface area contributed by atoms with Gasteiger partial charge in [0.15, 0.2) is 11.2 Å². The Morgan fingerprint density at radius 3 is 3.05 bits per heavy atom. The number of ether oxygens (including phenoxy) is 2. The molecule has 0 N–H and O–H groups in total. The number of nitrogens with zero attached hydrogens (tertiary/aromatic N) is 1. The summed E-state index contributed by atoms with van der Waals surface area (Å²) in [6.45, 7) is 0. The molecule has 0 saturated carbocycles. The van der Waals surface area contributed by atoms with Crippen LogP contribution in [0.25, 0.3) is 0 Å². The third-order valence-corrected chi connectivity index (χ3v) is 4.38.